The number of nitrogens with one attached hydrogen (secondary N) is 2. The highest BCUT2D eigenvalue weighted by atomic mass is 19.1. The second kappa shape index (κ2) is 9.10. The van der Waals surface area contributed by atoms with Crippen molar-refractivity contribution in [3.63, 3.8) is 0 Å². The highest BCUT2D eigenvalue weighted by Crippen LogP contribution is 2.45. The molecule has 8 nitrogen and oxygen atoms in total. The van der Waals surface area contributed by atoms with Gasteiger partial charge in [-0.05, 0) is 48.6 Å². The predicted molar refractivity (Wildman–Crippen MR) is 130 cm³/mol. The number of rotatable bonds is 6. The van der Waals surface area contributed by atoms with Gasteiger partial charge in [-0.3, -0.25) is 4.98 Å². The van der Waals surface area contributed by atoms with Gasteiger partial charge in [0.2, 0.25) is 5.95 Å². The number of anilines is 3. The normalized spacial score (nSPS) is 18.1. The molecular formula is C25H24F2N8. The number of aromatic nitrogens is 5. The Kier molecular flexibility index (Phi) is 5.65. The molecule has 6 rings (SSSR count). The van der Waals surface area contributed by atoms with Gasteiger partial charge in [0.1, 0.15) is 18.3 Å². The van der Waals surface area contributed by atoms with Gasteiger partial charge in [0.25, 0.3) is 0 Å². The zero-order valence-electron chi connectivity index (χ0n) is 19.0. The van der Waals surface area contributed by atoms with Crippen LogP contribution in [0.5, 0.6) is 0 Å². The van der Waals surface area contributed by atoms with Gasteiger partial charge < -0.3 is 15.5 Å². The van der Waals surface area contributed by atoms with Crippen molar-refractivity contribution in [2.24, 2.45) is 0 Å². The lowest BCUT2D eigenvalue weighted by Crippen LogP contribution is -2.52. The zero-order valence-corrected chi connectivity index (χ0v) is 19.0. The van der Waals surface area contributed by atoms with E-state index in [2.05, 4.69) is 30.5 Å². The first kappa shape index (κ1) is 21.7. The van der Waals surface area contributed by atoms with Gasteiger partial charge >= 0.3 is 0 Å². The summed E-state index contributed by atoms with van der Waals surface area (Å²) in [7, 11) is 0. The maximum atomic E-state index is 14.0. The third kappa shape index (κ3) is 4.37. The minimum atomic E-state index is -0.608. The molecule has 0 bridgehead atoms. The van der Waals surface area contributed by atoms with Crippen LogP contribution in [-0.4, -0.2) is 57.3 Å². The molecule has 1 saturated carbocycles. The molecule has 178 valence electrons. The van der Waals surface area contributed by atoms with Gasteiger partial charge in [-0.2, -0.15) is 4.39 Å². The molecule has 1 aliphatic heterocycles. The molecule has 4 aromatic heterocycles. The molecule has 1 saturated heterocycles. The molecule has 1 aliphatic carbocycles. The van der Waals surface area contributed by atoms with E-state index in [0.717, 1.165) is 47.2 Å². The number of alkyl halides is 1. The lowest BCUT2D eigenvalue weighted by Gasteiger charge is -2.34. The fourth-order valence-electron chi connectivity index (χ4n) is 4.53. The highest BCUT2D eigenvalue weighted by Gasteiger charge is 2.30. The standard InChI is InChI=1S/C25H24F2N8/c26-11-17-14-35(9-8-29-17)25-22-18(15-3-4-15)12-28-13-20(22)33-24(34-25)16-5-7-30-21(10-16)32-19-2-1-6-31-23(19)27/h1-2,5-7,10,12-13,15,17,29H,3-4,8-9,11,14H2,(H,30,32). The Morgan fingerprint density at radius 1 is 1.11 bits per heavy atom. The molecule has 2 aliphatic rings. The number of hydrogen-bond donors (Lipinski definition) is 2. The van der Waals surface area contributed by atoms with Crippen molar-refractivity contribution in [2.45, 2.75) is 24.8 Å². The topological polar surface area (TPSA) is 91.8 Å². The van der Waals surface area contributed by atoms with Crippen molar-refractivity contribution in [2.75, 3.05) is 36.5 Å². The summed E-state index contributed by atoms with van der Waals surface area (Å²) in [6.07, 6.45) is 8.94. The number of hydrogen-bond acceptors (Lipinski definition) is 8. The summed E-state index contributed by atoms with van der Waals surface area (Å²) in [4.78, 5) is 24.4. The molecule has 0 aromatic carbocycles. The summed E-state index contributed by atoms with van der Waals surface area (Å²) in [5.41, 5.74) is 2.87. The average molecular weight is 475 g/mol. The Balaban J connectivity index is 1.44. The molecule has 1 unspecified atom stereocenters. The SMILES string of the molecule is FCC1CN(c2nc(-c3ccnc(Nc4cccnc4F)c3)nc3cncc(C4CC4)c23)CCN1. The first-order chi connectivity index (χ1) is 17.2. The molecule has 2 N–H and O–H groups in total. The fraction of sp³-hybridized carbons (Fsp3) is 0.320. The summed E-state index contributed by atoms with van der Waals surface area (Å²) >= 11 is 0. The van der Waals surface area contributed by atoms with E-state index in [0.29, 0.717) is 30.6 Å². The van der Waals surface area contributed by atoms with E-state index < -0.39 is 12.6 Å². The summed E-state index contributed by atoms with van der Waals surface area (Å²) < 4.78 is 27.5. The molecule has 0 spiro atoms. The summed E-state index contributed by atoms with van der Waals surface area (Å²) in [5.74, 6) is 1.62. The Labute approximate surface area is 200 Å². The van der Waals surface area contributed by atoms with Gasteiger partial charge in [-0.15, -0.1) is 0 Å². The molecule has 4 aromatic rings. The zero-order chi connectivity index (χ0) is 23.8. The van der Waals surface area contributed by atoms with E-state index in [4.69, 9.17) is 9.97 Å². The molecule has 0 amide bonds. The third-order valence-electron chi connectivity index (χ3n) is 6.42. The number of nitrogens with zero attached hydrogens (tertiary/aromatic N) is 6. The number of fused-ring (bicyclic) bond motifs is 1. The predicted octanol–water partition coefficient (Wildman–Crippen LogP) is 3.99. The minimum Gasteiger partial charge on any atom is -0.353 e. The quantitative estimate of drug-likeness (QED) is 0.406. The van der Waals surface area contributed by atoms with E-state index in [9.17, 15) is 8.78 Å². The van der Waals surface area contributed by atoms with Gasteiger partial charge in [0.15, 0.2) is 5.82 Å². The molecule has 1 atom stereocenters. The van der Waals surface area contributed by atoms with Crippen molar-refractivity contribution in [1.82, 2.24) is 30.2 Å². The molecule has 10 heteroatoms. The number of piperazine rings is 1. The van der Waals surface area contributed by atoms with E-state index in [1.165, 1.54) is 6.20 Å². The van der Waals surface area contributed by atoms with Crippen molar-refractivity contribution < 1.29 is 8.78 Å². The van der Waals surface area contributed by atoms with Crippen LogP contribution in [0, 0.1) is 5.95 Å². The summed E-state index contributed by atoms with van der Waals surface area (Å²) in [6.45, 7) is 1.49. The van der Waals surface area contributed by atoms with Crippen LogP contribution < -0.4 is 15.5 Å². The largest absolute Gasteiger partial charge is 0.353 e. The molecular weight excluding hydrogens is 450 g/mol. The highest BCUT2D eigenvalue weighted by molar-refractivity contribution is 5.94. The number of pyridine rings is 3. The molecule has 0 radical (unpaired) electrons. The Hall–Kier alpha value is -3.79. The monoisotopic (exact) mass is 474 g/mol. The van der Waals surface area contributed by atoms with Crippen LogP contribution in [0.15, 0.2) is 49.1 Å². The van der Waals surface area contributed by atoms with E-state index in [1.54, 1.807) is 30.6 Å². The smallest absolute Gasteiger partial charge is 0.236 e. The van der Waals surface area contributed by atoms with E-state index >= 15 is 0 Å². The van der Waals surface area contributed by atoms with Crippen molar-refractivity contribution in [3.05, 3.63) is 60.6 Å². The van der Waals surface area contributed by atoms with Crippen LogP contribution in [-0.2, 0) is 0 Å². The lowest BCUT2D eigenvalue weighted by molar-refractivity contribution is 0.352. The third-order valence-corrected chi connectivity index (χ3v) is 6.42. The summed E-state index contributed by atoms with van der Waals surface area (Å²) in [5, 5.41) is 7.19. The van der Waals surface area contributed by atoms with Crippen LogP contribution >= 0.6 is 0 Å². The molecule has 35 heavy (non-hydrogen) atoms. The fourth-order valence-corrected chi connectivity index (χ4v) is 4.53. The second-order valence-electron chi connectivity index (χ2n) is 8.92. The summed E-state index contributed by atoms with van der Waals surface area (Å²) in [6, 6.07) is 6.59. The van der Waals surface area contributed by atoms with Gasteiger partial charge in [-0.25, -0.2) is 24.3 Å². The first-order valence-electron chi connectivity index (χ1n) is 11.7. The van der Waals surface area contributed by atoms with E-state index in [1.807, 2.05) is 12.3 Å². The van der Waals surface area contributed by atoms with Crippen LogP contribution in [0.3, 0.4) is 0 Å². The Morgan fingerprint density at radius 2 is 2.03 bits per heavy atom. The Morgan fingerprint density at radius 3 is 2.86 bits per heavy atom. The average Bonchev–Trinajstić information content (AvgIpc) is 3.75. The lowest BCUT2D eigenvalue weighted by atomic mass is 10.1. The van der Waals surface area contributed by atoms with Crippen LogP contribution in [0.2, 0.25) is 0 Å². The second-order valence-corrected chi connectivity index (χ2v) is 8.92. The van der Waals surface area contributed by atoms with E-state index in [-0.39, 0.29) is 11.7 Å². The maximum absolute atomic E-state index is 14.0. The van der Waals surface area contributed by atoms with Gasteiger partial charge in [-0.1, -0.05) is 0 Å². The van der Waals surface area contributed by atoms with Crippen molar-refractivity contribution in [1.29, 1.82) is 0 Å². The maximum Gasteiger partial charge on any atom is 0.236 e. The van der Waals surface area contributed by atoms with Crippen molar-refractivity contribution in [3.8, 4) is 11.4 Å². The van der Waals surface area contributed by atoms with Crippen LogP contribution in [0.1, 0.15) is 24.3 Å². The Bertz CT molecular complexity index is 1380. The van der Waals surface area contributed by atoms with Crippen LogP contribution in [0.25, 0.3) is 22.3 Å². The first-order valence-corrected chi connectivity index (χ1v) is 11.7. The molecule has 5 heterocycles. The number of halogens is 2. The van der Waals surface area contributed by atoms with Gasteiger partial charge in [0, 0.05) is 49.2 Å². The van der Waals surface area contributed by atoms with Gasteiger partial charge in [0.05, 0.1) is 23.4 Å². The minimum absolute atomic E-state index is 0.230. The molecule has 2 fully saturated rings. The van der Waals surface area contributed by atoms with Crippen LogP contribution in [0.4, 0.5) is 26.1 Å². The van der Waals surface area contributed by atoms with Crippen molar-refractivity contribution >= 4 is 28.2 Å².